The predicted octanol–water partition coefficient (Wildman–Crippen LogP) is 1.21. The molecule has 1 aromatic heterocycles. The first-order chi connectivity index (χ1) is 8.19. The maximum Gasteiger partial charge on any atom is 0.191 e. The third-order valence-electron chi connectivity index (χ3n) is 2.64. The first-order valence-corrected chi connectivity index (χ1v) is 5.98. The van der Waals surface area contributed by atoms with Crippen molar-refractivity contribution in [1.82, 2.24) is 25.4 Å². The lowest BCUT2D eigenvalue weighted by molar-refractivity contribution is 0.699. The fourth-order valence-electron chi connectivity index (χ4n) is 1.37. The summed E-state index contributed by atoms with van der Waals surface area (Å²) in [6.45, 7) is 5.67. The van der Waals surface area contributed by atoms with Gasteiger partial charge < -0.3 is 15.2 Å². The summed E-state index contributed by atoms with van der Waals surface area (Å²) in [5.41, 5.74) is 0. The van der Waals surface area contributed by atoms with Crippen LogP contribution < -0.4 is 10.6 Å². The molecule has 0 saturated heterocycles. The van der Waals surface area contributed by atoms with Gasteiger partial charge in [0.05, 0.1) is 6.54 Å². The van der Waals surface area contributed by atoms with Crippen molar-refractivity contribution >= 4 is 29.9 Å². The van der Waals surface area contributed by atoms with E-state index in [2.05, 4.69) is 32.7 Å². The molecular weight excluding hydrogens is 343 g/mol. The number of hydrogen-bond donors (Lipinski definition) is 2. The van der Waals surface area contributed by atoms with Gasteiger partial charge in [0.2, 0.25) is 0 Å². The molecule has 6 nitrogen and oxygen atoms in total. The topological polar surface area (TPSA) is 67.1 Å². The van der Waals surface area contributed by atoms with Gasteiger partial charge in [-0.2, -0.15) is 0 Å². The minimum atomic E-state index is 0. The van der Waals surface area contributed by atoms with E-state index in [1.54, 1.807) is 7.05 Å². The van der Waals surface area contributed by atoms with E-state index in [1.165, 1.54) is 6.42 Å². The molecule has 1 aromatic rings. The molecular formula is C11H23IN6. The summed E-state index contributed by atoms with van der Waals surface area (Å²) in [5.74, 6) is 2.62. The second-order valence-electron chi connectivity index (χ2n) is 3.93. The lowest BCUT2D eigenvalue weighted by Gasteiger charge is -2.10. The quantitative estimate of drug-likeness (QED) is 0.356. The van der Waals surface area contributed by atoms with Crippen LogP contribution in [0.3, 0.4) is 0 Å². The summed E-state index contributed by atoms with van der Waals surface area (Å²) in [7, 11) is 3.73. The zero-order valence-electron chi connectivity index (χ0n) is 11.5. The Hall–Kier alpha value is -0.860. The number of nitrogens with one attached hydrogen (secondary N) is 2. The van der Waals surface area contributed by atoms with E-state index in [1.807, 2.05) is 18.5 Å². The smallest absolute Gasteiger partial charge is 0.191 e. The van der Waals surface area contributed by atoms with Crippen LogP contribution in [-0.4, -0.2) is 34.3 Å². The first kappa shape index (κ1) is 17.1. The maximum atomic E-state index is 4.15. The normalized spacial score (nSPS) is 11.0. The molecule has 0 spiro atoms. The van der Waals surface area contributed by atoms with Gasteiger partial charge in [0, 0.05) is 20.6 Å². The second kappa shape index (κ2) is 9.12. The Morgan fingerprint density at radius 2 is 2.06 bits per heavy atom. The van der Waals surface area contributed by atoms with Crippen LogP contribution in [0, 0.1) is 6.92 Å². The van der Waals surface area contributed by atoms with Crippen LogP contribution in [0.5, 0.6) is 0 Å². The van der Waals surface area contributed by atoms with Crippen molar-refractivity contribution in [3.05, 3.63) is 11.6 Å². The Labute approximate surface area is 126 Å². The first-order valence-electron chi connectivity index (χ1n) is 5.98. The third-order valence-corrected chi connectivity index (χ3v) is 2.64. The van der Waals surface area contributed by atoms with Crippen molar-refractivity contribution < 1.29 is 0 Å². The molecule has 7 heteroatoms. The van der Waals surface area contributed by atoms with Crippen LogP contribution in [0.1, 0.15) is 31.4 Å². The van der Waals surface area contributed by atoms with E-state index < -0.39 is 0 Å². The Bertz CT molecular complexity index is 374. The number of guanidine groups is 1. The number of aromatic nitrogens is 3. The standard InChI is InChI=1S/C11H22N6.HI/c1-5-6-7-13-11(12-3)14-8-10-16-15-9(2)17(10)4;/h5-8H2,1-4H3,(H2,12,13,14);1H. The SMILES string of the molecule is CCCCNC(=NC)NCc1nnc(C)n1C.I. The van der Waals surface area contributed by atoms with Crippen LogP contribution >= 0.6 is 24.0 Å². The molecule has 0 aliphatic heterocycles. The summed E-state index contributed by atoms with van der Waals surface area (Å²) >= 11 is 0. The summed E-state index contributed by atoms with van der Waals surface area (Å²) in [6, 6.07) is 0. The Kier molecular flexibility index (Phi) is 8.69. The highest BCUT2D eigenvalue weighted by Gasteiger charge is 2.05. The second-order valence-corrected chi connectivity index (χ2v) is 3.93. The van der Waals surface area contributed by atoms with Gasteiger partial charge in [-0.1, -0.05) is 13.3 Å². The highest BCUT2D eigenvalue weighted by Crippen LogP contribution is 1.96. The van der Waals surface area contributed by atoms with Gasteiger partial charge in [-0.05, 0) is 13.3 Å². The van der Waals surface area contributed by atoms with Gasteiger partial charge in [-0.25, -0.2) is 0 Å². The molecule has 0 unspecified atom stereocenters. The van der Waals surface area contributed by atoms with Gasteiger partial charge in [-0.15, -0.1) is 34.2 Å². The lowest BCUT2D eigenvalue weighted by atomic mass is 10.3. The highest BCUT2D eigenvalue weighted by molar-refractivity contribution is 14.0. The van der Waals surface area contributed by atoms with Gasteiger partial charge >= 0.3 is 0 Å². The van der Waals surface area contributed by atoms with Gasteiger partial charge in [0.25, 0.3) is 0 Å². The molecule has 0 radical (unpaired) electrons. The molecule has 104 valence electrons. The van der Waals surface area contributed by atoms with E-state index in [9.17, 15) is 0 Å². The Morgan fingerprint density at radius 1 is 1.33 bits per heavy atom. The molecule has 0 aliphatic rings. The van der Waals surface area contributed by atoms with Crippen molar-refractivity contribution in [3.8, 4) is 0 Å². The molecule has 0 atom stereocenters. The van der Waals surface area contributed by atoms with Crippen molar-refractivity contribution in [3.63, 3.8) is 0 Å². The van der Waals surface area contributed by atoms with Crippen LogP contribution in [-0.2, 0) is 13.6 Å². The maximum absolute atomic E-state index is 4.15. The molecule has 2 N–H and O–H groups in total. The number of aliphatic imine (C=N–C) groups is 1. The van der Waals surface area contributed by atoms with Crippen molar-refractivity contribution in [2.24, 2.45) is 12.0 Å². The van der Waals surface area contributed by atoms with E-state index in [0.717, 1.165) is 30.6 Å². The largest absolute Gasteiger partial charge is 0.356 e. The zero-order chi connectivity index (χ0) is 12.7. The number of rotatable bonds is 5. The fourth-order valence-corrected chi connectivity index (χ4v) is 1.37. The van der Waals surface area contributed by atoms with Crippen molar-refractivity contribution in [2.75, 3.05) is 13.6 Å². The van der Waals surface area contributed by atoms with Crippen LogP contribution in [0.25, 0.3) is 0 Å². The van der Waals surface area contributed by atoms with Crippen LogP contribution in [0.2, 0.25) is 0 Å². The van der Waals surface area contributed by atoms with Crippen molar-refractivity contribution in [1.29, 1.82) is 0 Å². The Balaban J connectivity index is 0.00000289. The molecule has 1 heterocycles. The minimum absolute atomic E-state index is 0. The molecule has 0 saturated carbocycles. The average Bonchev–Trinajstić information content (AvgIpc) is 2.65. The molecule has 18 heavy (non-hydrogen) atoms. The zero-order valence-corrected chi connectivity index (χ0v) is 13.9. The van der Waals surface area contributed by atoms with E-state index in [0.29, 0.717) is 6.54 Å². The van der Waals surface area contributed by atoms with Crippen molar-refractivity contribution in [2.45, 2.75) is 33.2 Å². The predicted molar refractivity (Wildman–Crippen MR) is 84.3 cm³/mol. The number of halogens is 1. The summed E-state index contributed by atoms with van der Waals surface area (Å²) < 4.78 is 1.96. The molecule has 0 bridgehead atoms. The van der Waals surface area contributed by atoms with Gasteiger partial charge in [0.15, 0.2) is 11.8 Å². The molecule has 0 fully saturated rings. The molecule has 1 rings (SSSR count). The van der Waals surface area contributed by atoms with E-state index >= 15 is 0 Å². The summed E-state index contributed by atoms with van der Waals surface area (Å²) in [6.07, 6.45) is 2.32. The third kappa shape index (κ3) is 5.19. The summed E-state index contributed by atoms with van der Waals surface area (Å²) in [4.78, 5) is 4.15. The van der Waals surface area contributed by atoms with Crippen LogP contribution in [0.4, 0.5) is 0 Å². The average molecular weight is 366 g/mol. The van der Waals surface area contributed by atoms with Gasteiger partial charge in [-0.3, -0.25) is 4.99 Å². The van der Waals surface area contributed by atoms with E-state index in [4.69, 9.17) is 0 Å². The highest BCUT2D eigenvalue weighted by atomic mass is 127. The number of hydrogen-bond acceptors (Lipinski definition) is 3. The minimum Gasteiger partial charge on any atom is -0.356 e. The van der Waals surface area contributed by atoms with E-state index in [-0.39, 0.29) is 24.0 Å². The monoisotopic (exact) mass is 366 g/mol. The Morgan fingerprint density at radius 3 is 2.56 bits per heavy atom. The van der Waals surface area contributed by atoms with Gasteiger partial charge in [0.1, 0.15) is 5.82 Å². The number of unbranched alkanes of at least 4 members (excludes halogenated alkanes) is 1. The molecule has 0 aromatic carbocycles. The molecule has 0 aliphatic carbocycles. The number of aryl methyl sites for hydroxylation is 1. The molecule has 0 amide bonds. The number of nitrogens with zero attached hydrogens (tertiary/aromatic N) is 4. The summed E-state index contributed by atoms with van der Waals surface area (Å²) in [5, 5.41) is 14.6. The lowest BCUT2D eigenvalue weighted by Crippen LogP contribution is -2.37. The van der Waals surface area contributed by atoms with Crippen LogP contribution in [0.15, 0.2) is 4.99 Å². The fraction of sp³-hybridized carbons (Fsp3) is 0.727.